The lowest BCUT2D eigenvalue weighted by Crippen LogP contribution is -2.01. The van der Waals surface area contributed by atoms with Crippen LogP contribution < -0.4 is 22.9 Å². The third-order valence-electron chi connectivity index (χ3n) is 2.80. The van der Waals surface area contributed by atoms with Crippen LogP contribution >= 0.6 is 0 Å². The first-order valence-corrected chi connectivity index (χ1v) is 5.39. The van der Waals surface area contributed by atoms with Gasteiger partial charge < -0.3 is 22.9 Å². The van der Waals surface area contributed by atoms with E-state index in [2.05, 4.69) is 0 Å². The molecular formula is C12H13N5O2. The molecule has 98 valence electrons. The van der Waals surface area contributed by atoms with Gasteiger partial charge in [-0.25, -0.2) is 0 Å². The summed E-state index contributed by atoms with van der Waals surface area (Å²) in [6.45, 7) is 0. The van der Waals surface area contributed by atoms with Crippen LogP contribution in [0.25, 0.3) is 11.1 Å². The minimum atomic E-state index is -0.508. The quantitative estimate of drug-likeness (QED) is 0.365. The van der Waals surface area contributed by atoms with Crippen LogP contribution in [-0.4, -0.2) is 4.92 Å². The predicted molar refractivity (Wildman–Crippen MR) is 76.2 cm³/mol. The monoisotopic (exact) mass is 259 g/mol. The van der Waals surface area contributed by atoms with Gasteiger partial charge in [0.1, 0.15) is 0 Å². The molecule has 0 spiro atoms. The molecule has 0 radical (unpaired) electrons. The van der Waals surface area contributed by atoms with Gasteiger partial charge in [0, 0.05) is 23.4 Å². The molecule has 2 aromatic carbocycles. The molecule has 0 fully saturated rings. The number of anilines is 4. The number of nitro groups is 1. The number of nitrogens with zero attached hydrogens (tertiary/aromatic N) is 1. The highest BCUT2D eigenvalue weighted by Crippen LogP contribution is 2.34. The van der Waals surface area contributed by atoms with Crippen molar-refractivity contribution in [2.24, 2.45) is 0 Å². The van der Waals surface area contributed by atoms with Crippen molar-refractivity contribution in [2.45, 2.75) is 0 Å². The Balaban J connectivity index is 2.56. The summed E-state index contributed by atoms with van der Waals surface area (Å²) in [5.74, 6) is 0. The number of non-ortho nitro benzene ring substituents is 1. The van der Waals surface area contributed by atoms with E-state index in [-0.39, 0.29) is 11.4 Å². The van der Waals surface area contributed by atoms with Gasteiger partial charge in [0.15, 0.2) is 0 Å². The Bertz CT molecular complexity index is 646. The van der Waals surface area contributed by atoms with Crippen LogP contribution in [0.1, 0.15) is 0 Å². The van der Waals surface area contributed by atoms with E-state index in [9.17, 15) is 10.1 Å². The Morgan fingerprint density at radius 2 is 1.47 bits per heavy atom. The zero-order valence-electron chi connectivity index (χ0n) is 9.96. The SMILES string of the molecule is Nc1cc([N+](=O)[O-])ccc1-c1cc(N)c(N)c(N)c1. The maximum Gasteiger partial charge on any atom is 0.271 e. The molecule has 2 aromatic rings. The van der Waals surface area contributed by atoms with Crippen molar-refractivity contribution in [2.75, 3.05) is 22.9 Å². The van der Waals surface area contributed by atoms with Crippen LogP contribution in [0.4, 0.5) is 28.4 Å². The average molecular weight is 259 g/mol. The second kappa shape index (κ2) is 4.37. The molecule has 7 nitrogen and oxygen atoms in total. The van der Waals surface area contributed by atoms with E-state index in [0.717, 1.165) is 0 Å². The fourth-order valence-electron chi connectivity index (χ4n) is 1.78. The van der Waals surface area contributed by atoms with Crippen molar-refractivity contribution in [1.29, 1.82) is 0 Å². The first kappa shape index (κ1) is 12.5. The van der Waals surface area contributed by atoms with Gasteiger partial charge in [0.2, 0.25) is 0 Å². The van der Waals surface area contributed by atoms with E-state index >= 15 is 0 Å². The molecule has 0 aromatic heterocycles. The lowest BCUT2D eigenvalue weighted by molar-refractivity contribution is -0.384. The standard InChI is InChI=1S/C12H13N5O2/c13-9-5-7(17(18)19)1-2-8(9)6-3-10(14)12(16)11(15)4-6/h1-5H,13-16H2. The molecule has 0 atom stereocenters. The Morgan fingerprint density at radius 3 is 1.95 bits per heavy atom. The van der Waals surface area contributed by atoms with Gasteiger partial charge in [-0.1, -0.05) is 0 Å². The summed E-state index contributed by atoms with van der Waals surface area (Å²) in [4.78, 5) is 10.1. The zero-order chi connectivity index (χ0) is 14.2. The summed E-state index contributed by atoms with van der Waals surface area (Å²) in [6, 6.07) is 7.47. The number of nitro benzene ring substituents is 1. The number of nitrogen functional groups attached to an aromatic ring is 4. The lowest BCUT2D eigenvalue weighted by atomic mass is 10.0. The fourth-order valence-corrected chi connectivity index (χ4v) is 1.78. The second-order valence-electron chi connectivity index (χ2n) is 4.10. The number of nitrogens with two attached hydrogens (primary N) is 4. The molecule has 0 amide bonds. The average Bonchev–Trinajstić information content (AvgIpc) is 2.35. The molecule has 0 bridgehead atoms. The summed E-state index contributed by atoms with van der Waals surface area (Å²) in [5.41, 5.74) is 25.4. The van der Waals surface area contributed by atoms with Crippen LogP contribution in [0, 0.1) is 10.1 Å². The summed E-state index contributed by atoms with van der Waals surface area (Å²) in [7, 11) is 0. The van der Waals surface area contributed by atoms with E-state index in [4.69, 9.17) is 22.9 Å². The third kappa shape index (κ3) is 2.21. The van der Waals surface area contributed by atoms with E-state index in [1.165, 1.54) is 12.1 Å². The third-order valence-corrected chi connectivity index (χ3v) is 2.80. The van der Waals surface area contributed by atoms with Gasteiger partial charge in [-0.15, -0.1) is 0 Å². The van der Waals surface area contributed by atoms with Gasteiger partial charge >= 0.3 is 0 Å². The van der Waals surface area contributed by atoms with E-state index in [1.807, 2.05) is 0 Å². The van der Waals surface area contributed by atoms with Crippen molar-refractivity contribution < 1.29 is 4.92 Å². The molecule has 0 aliphatic carbocycles. The lowest BCUT2D eigenvalue weighted by Gasteiger charge is -2.10. The molecule has 7 heteroatoms. The Kier molecular flexibility index (Phi) is 2.88. The van der Waals surface area contributed by atoms with Gasteiger partial charge in [-0.3, -0.25) is 10.1 Å². The van der Waals surface area contributed by atoms with Crippen LogP contribution in [0.2, 0.25) is 0 Å². The van der Waals surface area contributed by atoms with Crippen LogP contribution in [0.15, 0.2) is 30.3 Å². The van der Waals surface area contributed by atoms with Gasteiger partial charge in [-0.05, 0) is 23.8 Å². The van der Waals surface area contributed by atoms with Gasteiger partial charge in [0.25, 0.3) is 5.69 Å². The number of hydrogen-bond acceptors (Lipinski definition) is 6. The van der Waals surface area contributed by atoms with Gasteiger partial charge in [0.05, 0.1) is 22.0 Å². The first-order chi connectivity index (χ1) is 8.90. The number of rotatable bonds is 2. The highest BCUT2D eigenvalue weighted by Gasteiger charge is 2.12. The second-order valence-corrected chi connectivity index (χ2v) is 4.10. The zero-order valence-corrected chi connectivity index (χ0v) is 9.96. The smallest absolute Gasteiger partial charge is 0.271 e. The van der Waals surface area contributed by atoms with E-state index in [0.29, 0.717) is 28.2 Å². The Labute approximate surface area is 109 Å². The molecule has 0 aliphatic heterocycles. The maximum absolute atomic E-state index is 10.6. The van der Waals surface area contributed by atoms with E-state index in [1.54, 1.807) is 18.2 Å². The number of benzene rings is 2. The molecule has 0 heterocycles. The minimum Gasteiger partial charge on any atom is -0.398 e. The molecule has 0 saturated carbocycles. The van der Waals surface area contributed by atoms with Crippen molar-refractivity contribution in [1.82, 2.24) is 0 Å². The van der Waals surface area contributed by atoms with Crippen molar-refractivity contribution in [3.8, 4) is 11.1 Å². The number of hydrogen-bond donors (Lipinski definition) is 4. The molecular weight excluding hydrogens is 246 g/mol. The molecule has 2 rings (SSSR count). The molecule has 0 aliphatic rings. The Hall–Kier alpha value is -2.96. The molecule has 0 saturated heterocycles. The minimum absolute atomic E-state index is 0.0716. The first-order valence-electron chi connectivity index (χ1n) is 5.39. The van der Waals surface area contributed by atoms with E-state index < -0.39 is 4.92 Å². The van der Waals surface area contributed by atoms with Crippen molar-refractivity contribution in [3.63, 3.8) is 0 Å². The molecule has 19 heavy (non-hydrogen) atoms. The summed E-state index contributed by atoms with van der Waals surface area (Å²) < 4.78 is 0. The maximum atomic E-state index is 10.6. The van der Waals surface area contributed by atoms with Crippen molar-refractivity contribution >= 4 is 28.4 Å². The fraction of sp³-hybridized carbons (Fsp3) is 0. The van der Waals surface area contributed by atoms with Crippen molar-refractivity contribution in [3.05, 3.63) is 40.4 Å². The highest BCUT2D eigenvalue weighted by atomic mass is 16.6. The van der Waals surface area contributed by atoms with Crippen LogP contribution in [0.3, 0.4) is 0 Å². The van der Waals surface area contributed by atoms with Gasteiger partial charge in [-0.2, -0.15) is 0 Å². The summed E-state index contributed by atoms with van der Waals surface area (Å²) in [6.07, 6.45) is 0. The molecule has 8 N–H and O–H groups in total. The summed E-state index contributed by atoms with van der Waals surface area (Å²) >= 11 is 0. The molecule has 0 unspecified atom stereocenters. The van der Waals surface area contributed by atoms with Crippen LogP contribution in [0.5, 0.6) is 0 Å². The Morgan fingerprint density at radius 1 is 0.895 bits per heavy atom. The largest absolute Gasteiger partial charge is 0.398 e. The topological polar surface area (TPSA) is 147 Å². The summed E-state index contributed by atoms with van der Waals surface area (Å²) in [5, 5.41) is 10.6. The normalized spacial score (nSPS) is 10.3. The highest BCUT2D eigenvalue weighted by molar-refractivity contribution is 5.88. The van der Waals surface area contributed by atoms with Crippen LogP contribution in [-0.2, 0) is 0 Å². The predicted octanol–water partition coefficient (Wildman–Crippen LogP) is 1.59.